The molecule has 0 aliphatic carbocycles. The predicted molar refractivity (Wildman–Crippen MR) is 103 cm³/mol. The molecule has 0 atom stereocenters. The van der Waals surface area contributed by atoms with Crippen molar-refractivity contribution in [1.29, 1.82) is 0 Å². The molecule has 0 spiro atoms. The van der Waals surface area contributed by atoms with Crippen LogP contribution in [0.4, 0.5) is 5.69 Å². The fraction of sp³-hybridized carbons (Fsp3) is 0.136. The van der Waals surface area contributed by atoms with E-state index in [1.807, 2.05) is 48.5 Å². The van der Waals surface area contributed by atoms with Gasteiger partial charge in [-0.15, -0.1) is 6.58 Å². The largest absolute Gasteiger partial charge is 0.322 e. The molecule has 2 heteroatoms. The lowest BCUT2D eigenvalue weighted by Gasteiger charge is -2.10. The lowest BCUT2D eigenvalue weighted by molar-refractivity contribution is -0.113. The summed E-state index contributed by atoms with van der Waals surface area (Å²) in [6, 6.07) is 17.9. The Hall–Kier alpha value is -2.87. The lowest BCUT2D eigenvalue weighted by atomic mass is 10.1. The number of hydrogen-bond acceptors (Lipinski definition) is 1. The zero-order valence-electron chi connectivity index (χ0n) is 13.9. The first-order valence-electron chi connectivity index (χ1n) is 8.10. The Kier molecular flexibility index (Phi) is 6.78. The van der Waals surface area contributed by atoms with Crippen LogP contribution in [0.25, 0.3) is 6.08 Å². The number of nitrogens with one attached hydrogen (secondary N) is 1. The van der Waals surface area contributed by atoms with E-state index in [-0.39, 0.29) is 5.91 Å². The zero-order chi connectivity index (χ0) is 17.2. The molecule has 0 bridgehead atoms. The van der Waals surface area contributed by atoms with Crippen LogP contribution in [0.15, 0.2) is 85.5 Å². The van der Waals surface area contributed by atoms with Gasteiger partial charge in [0.2, 0.25) is 0 Å². The smallest absolute Gasteiger partial charge is 0.251 e. The summed E-state index contributed by atoms with van der Waals surface area (Å²) in [6.45, 7) is 7.65. The average Bonchev–Trinajstić information content (AvgIpc) is 2.61. The summed E-state index contributed by atoms with van der Waals surface area (Å²) in [5, 5.41) is 2.94. The monoisotopic (exact) mass is 317 g/mol. The Morgan fingerprint density at radius 3 is 2.50 bits per heavy atom. The highest BCUT2D eigenvalue weighted by molar-refractivity contribution is 6.03. The van der Waals surface area contributed by atoms with Crippen molar-refractivity contribution in [1.82, 2.24) is 0 Å². The Balaban J connectivity index is 1.85. The molecule has 0 aliphatic rings. The number of rotatable bonds is 8. The number of amides is 1. The van der Waals surface area contributed by atoms with E-state index in [9.17, 15) is 4.79 Å². The minimum atomic E-state index is -0.125. The first kappa shape index (κ1) is 17.5. The summed E-state index contributed by atoms with van der Waals surface area (Å²) < 4.78 is 0. The Morgan fingerprint density at radius 1 is 1.04 bits per heavy atom. The summed E-state index contributed by atoms with van der Waals surface area (Å²) in [5.74, 6) is -0.125. The maximum Gasteiger partial charge on any atom is 0.251 e. The Labute approximate surface area is 144 Å². The molecule has 2 aromatic carbocycles. The minimum Gasteiger partial charge on any atom is -0.322 e. The van der Waals surface area contributed by atoms with Crippen molar-refractivity contribution >= 4 is 17.7 Å². The summed E-state index contributed by atoms with van der Waals surface area (Å²) in [7, 11) is 0. The van der Waals surface area contributed by atoms with Crippen molar-refractivity contribution in [2.24, 2.45) is 0 Å². The number of benzene rings is 2. The van der Waals surface area contributed by atoms with Gasteiger partial charge in [0, 0.05) is 11.3 Å². The van der Waals surface area contributed by atoms with E-state index in [0.717, 1.165) is 29.7 Å². The van der Waals surface area contributed by atoms with E-state index in [0.29, 0.717) is 12.0 Å². The molecule has 1 N–H and O–H groups in total. The lowest BCUT2D eigenvalue weighted by Crippen LogP contribution is -2.14. The van der Waals surface area contributed by atoms with Crippen LogP contribution in [0.1, 0.15) is 24.0 Å². The van der Waals surface area contributed by atoms with Crippen molar-refractivity contribution in [2.45, 2.75) is 19.3 Å². The molecule has 0 aliphatic heterocycles. The third kappa shape index (κ3) is 5.40. The summed E-state index contributed by atoms with van der Waals surface area (Å²) in [6.07, 6.45) is 8.11. The molecule has 24 heavy (non-hydrogen) atoms. The summed E-state index contributed by atoms with van der Waals surface area (Å²) in [4.78, 5) is 12.3. The summed E-state index contributed by atoms with van der Waals surface area (Å²) >= 11 is 0. The van der Waals surface area contributed by atoms with Crippen molar-refractivity contribution in [3.05, 3.63) is 96.6 Å². The Bertz CT molecular complexity index is 729. The number of anilines is 1. The van der Waals surface area contributed by atoms with Gasteiger partial charge in [-0.05, 0) is 36.5 Å². The highest BCUT2D eigenvalue weighted by Gasteiger charge is 2.08. The van der Waals surface area contributed by atoms with E-state index in [1.54, 1.807) is 0 Å². The van der Waals surface area contributed by atoms with Gasteiger partial charge >= 0.3 is 0 Å². The van der Waals surface area contributed by atoms with Crippen LogP contribution in [0, 0.1) is 0 Å². The molecule has 2 nitrogen and oxygen atoms in total. The Morgan fingerprint density at radius 2 is 1.75 bits per heavy atom. The molecular formula is C22H23NO. The molecule has 0 radical (unpaired) electrons. The molecule has 122 valence electrons. The molecule has 0 saturated carbocycles. The fourth-order valence-corrected chi connectivity index (χ4v) is 2.34. The second kappa shape index (κ2) is 9.31. The van der Waals surface area contributed by atoms with Crippen LogP contribution in [0.2, 0.25) is 0 Å². The van der Waals surface area contributed by atoms with Crippen molar-refractivity contribution < 1.29 is 4.79 Å². The van der Waals surface area contributed by atoms with E-state index in [4.69, 9.17) is 0 Å². The van der Waals surface area contributed by atoms with Gasteiger partial charge in [-0.1, -0.05) is 73.3 Å². The average molecular weight is 317 g/mol. The summed E-state index contributed by atoms with van der Waals surface area (Å²) in [5.41, 5.74) is 3.62. The van der Waals surface area contributed by atoms with Crippen LogP contribution in [0.3, 0.4) is 0 Å². The van der Waals surface area contributed by atoms with Gasteiger partial charge in [0.15, 0.2) is 0 Å². The van der Waals surface area contributed by atoms with Gasteiger partial charge in [0.1, 0.15) is 0 Å². The van der Waals surface area contributed by atoms with Gasteiger partial charge < -0.3 is 5.32 Å². The zero-order valence-corrected chi connectivity index (χ0v) is 13.9. The van der Waals surface area contributed by atoms with E-state index in [2.05, 4.69) is 42.8 Å². The van der Waals surface area contributed by atoms with Crippen LogP contribution in [-0.4, -0.2) is 5.91 Å². The van der Waals surface area contributed by atoms with Crippen LogP contribution in [0.5, 0.6) is 0 Å². The van der Waals surface area contributed by atoms with Crippen molar-refractivity contribution in [2.75, 3.05) is 5.32 Å². The molecule has 2 rings (SSSR count). The van der Waals surface area contributed by atoms with E-state index >= 15 is 0 Å². The molecule has 0 saturated heterocycles. The van der Waals surface area contributed by atoms with Crippen molar-refractivity contribution in [3.8, 4) is 0 Å². The van der Waals surface area contributed by atoms with E-state index < -0.39 is 0 Å². The quantitative estimate of drug-likeness (QED) is 0.512. The first-order chi connectivity index (χ1) is 11.7. The van der Waals surface area contributed by atoms with Crippen LogP contribution < -0.4 is 5.32 Å². The van der Waals surface area contributed by atoms with Gasteiger partial charge in [-0.25, -0.2) is 0 Å². The molecule has 0 fully saturated rings. The minimum absolute atomic E-state index is 0.125. The van der Waals surface area contributed by atoms with Gasteiger partial charge in [-0.2, -0.15) is 0 Å². The second-order valence-corrected chi connectivity index (χ2v) is 5.56. The maximum absolute atomic E-state index is 12.3. The van der Waals surface area contributed by atoms with Crippen molar-refractivity contribution in [3.63, 3.8) is 0 Å². The number of carbonyl (C=O) groups is 1. The second-order valence-electron chi connectivity index (χ2n) is 5.56. The molecule has 1 amide bonds. The van der Waals surface area contributed by atoms with Crippen LogP contribution in [-0.2, 0) is 11.2 Å². The third-order valence-corrected chi connectivity index (χ3v) is 3.67. The number of hydrogen-bond donors (Lipinski definition) is 1. The number of allylic oxidation sites excluding steroid dienone is 2. The standard InChI is InChI=1S/C22H23NO/c1-3-11-20-16-9-10-17-21(20)23-22(24)18(2)12-7-8-15-19-13-5-4-6-14-19/h3-6,8-10,13-17H,1-2,7,11-12H2,(H,23,24)/b15-8+. The number of carbonyl (C=O) groups excluding carboxylic acids is 1. The van der Waals surface area contributed by atoms with Gasteiger partial charge in [0.25, 0.3) is 5.91 Å². The SMILES string of the molecule is C=CCc1ccccc1NC(=O)C(=C)CC/C=C/c1ccccc1. The molecule has 2 aromatic rings. The third-order valence-electron chi connectivity index (χ3n) is 3.67. The van der Waals surface area contributed by atoms with E-state index in [1.165, 1.54) is 0 Å². The first-order valence-corrected chi connectivity index (χ1v) is 8.10. The molecule has 0 unspecified atom stereocenters. The van der Waals surface area contributed by atoms with Gasteiger partial charge in [-0.3, -0.25) is 4.79 Å². The normalized spacial score (nSPS) is 10.5. The number of para-hydroxylation sites is 1. The molecule has 0 aromatic heterocycles. The van der Waals surface area contributed by atoms with Crippen LogP contribution >= 0.6 is 0 Å². The highest BCUT2D eigenvalue weighted by Crippen LogP contribution is 2.17. The van der Waals surface area contributed by atoms with Gasteiger partial charge in [0.05, 0.1) is 0 Å². The molecule has 0 heterocycles. The predicted octanol–water partition coefficient (Wildman–Crippen LogP) is 5.40. The molecular weight excluding hydrogens is 294 g/mol. The fourth-order valence-electron chi connectivity index (χ4n) is 2.34. The topological polar surface area (TPSA) is 29.1 Å². The maximum atomic E-state index is 12.3. The highest BCUT2D eigenvalue weighted by atomic mass is 16.1.